The molecule has 1 atom stereocenters. The minimum Gasteiger partial charge on any atom is -0.489 e. The molecule has 0 N–H and O–H groups in total. The van der Waals surface area contributed by atoms with Crippen LogP contribution in [0, 0.1) is 22.7 Å². The lowest BCUT2D eigenvalue weighted by Gasteiger charge is -2.31. The summed E-state index contributed by atoms with van der Waals surface area (Å²) in [7, 11) is 2.15. The normalized spacial score (nSPS) is 11.9. The van der Waals surface area contributed by atoms with Crippen LogP contribution in [0.25, 0.3) is 0 Å². The molecule has 11 heteroatoms. The van der Waals surface area contributed by atoms with Crippen LogP contribution in [-0.2, 0) is 11.8 Å². The minimum absolute atomic E-state index is 0.0298. The molecule has 0 fully saturated rings. The van der Waals surface area contributed by atoms with E-state index in [1.165, 1.54) is 55.5 Å². The third-order valence-electron chi connectivity index (χ3n) is 5.75. The Kier molecular flexibility index (Phi) is 7.98. The molecule has 0 aliphatic heterocycles. The number of ether oxygens (including phenoxy) is 2. The molecule has 3 aromatic rings. The predicted octanol–water partition coefficient (Wildman–Crippen LogP) is 4.19. The van der Waals surface area contributed by atoms with Crippen LogP contribution in [0.5, 0.6) is 5.75 Å². The second-order valence-electron chi connectivity index (χ2n) is 7.83. The Bertz CT molecular complexity index is 1410. The SMILES string of the molecule is CCOC(=O)c1nc(C(C(c2ccccc2C#N)c2ccccc2C#N)C(F)(F)F)n(C)c(=O)c1OC. The first kappa shape index (κ1) is 27.0. The van der Waals surface area contributed by atoms with Crippen molar-refractivity contribution in [1.29, 1.82) is 10.5 Å². The van der Waals surface area contributed by atoms with E-state index in [0.717, 1.165) is 14.2 Å². The summed E-state index contributed by atoms with van der Waals surface area (Å²) in [6.45, 7) is 1.36. The van der Waals surface area contributed by atoms with E-state index in [-0.39, 0.29) is 28.9 Å². The lowest BCUT2D eigenvalue weighted by atomic mass is 9.76. The second kappa shape index (κ2) is 11.0. The molecule has 1 aromatic heterocycles. The monoisotopic (exact) mass is 510 g/mol. The number of nitriles is 2. The van der Waals surface area contributed by atoms with Crippen molar-refractivity contribution in [1.82, 2.24) is 9.55 Å². The van der Waals surface area contributed by atoms with E-state index < -0.39 is 46.8 Å². The summed E-state index contributed by atoms with van der Waals surface area (Å²) in [6.07, 6.45) is -5.05. The van der Waals surface area contributed by atoms with Crippen molar-refractivity contribution in [3.8, 4) is 17.9 Å². The van der Waals surface area contributed by atoms with Gasteiger partial charge in [-0.15, -0.1) is 0 Å². The molecule has 0 amide bonds. The van der Waals surface area contributed by atoms with Crippen LogP contribution in [0.2, 0.25) is 0 Å². The molecule has 0 saturated heterocycles. The Labute approximate surface area is 210 Å². The zero-order chi connectivity index (χ0) is 27.3. The van der Waals surface area contributed by atoms with Crippen molar-refractivity contribution in [3.05, 3.63) is 92.7 Å². The van der Waals surface area contributed by atoms with Crippen LogP contribution in [0.4, 0.5) is 13.2 Å². The van der Waals surface area contributed by atoms with Crippen molar-refractivity contribution in [3.63, 3.8) is 0 Å². The quantitative estimate of drug-likeness (QED) is 0.438. The van der Waals surface area contributed by atoms with Gasteiger partial charge in [-0.2, -0.15) is 23.7 Å². The zero-order valence-corrected chi connectivity index (χ0v) is 20.0. The van der Waals surface area contributed by atoms with Crippen molar-refractivity contribution in [2.75, 3.05) is 13.7 Å². The van der Waals surface area contributed by atoms with Gasteiger partial charge >= 0.3 is 12.1 Å². The van der Waals surface area contributed by atoms with Crippen molar-refractivity contribution in [2.45, 2.75) is 24.9 Å². The summed E-state index contributed by atoms with van der Waals surface area (Å²) in [5, 5.41) is 19.4. The third-order valence-corrected chi connectivity index (χ3v) is 5.75. The van der Waals surface area contributed by atoms with E-state index in [2.05, 4.69) is 4.98 Å². The molecule has 0 aliphatic carbocycles. The van der Waals surface area contributed by atoms with E-state index in [9.17, 15) is 20.1 Å². The van der Waals surface area contributed by atoms with Gasteiger partial charge in [0.1, 0.15) is 11.7 Å². The Morgan fingerprint density at radius 2 is 1.57 bits per heavy atom. The Morgan fingerprint density at radius 1 is 1.05 bits per heavy atom. The van der Waals surface area contributed by atoms with Crippen molar-refractivity contribution >= 4 is 5.97 Å². The van der Waals surface area contributed by atoms with Crippen LogP contribution in [0.3, 0.4) is 0 Å². The van der Waals surface area contributed by atoms with Gasteiger partial charge in [-0.1, -0.05) is 36.4 Å². The smallest absolute Gasteiger partial charge is 0.399 e. The van der Waals surface area contributed by atoms with Gasteiger partial charge in [0.25, 0.3) is 5.56 Å². The third kappa shape index (κ3) is 5.16. The summed E-state index contributed by atoms with van der Waals surface area (Å²) >= 11 is 0. The maximum absolute atomic E-state index is 15.0. The van der Waals surface area contributed by atoms with Gasteiger partial charge in [0.15, 0.2) is 5.69 Å². The summed E-state index contributed by atoms with van der Waals surface area (Å²) in [5.41, 5.74) is -1.92. The van der Waals surface area contributed by atoms with Crippen LogP contribution in [0.1, 0.15) is 57.3 Å². The highest BCUT2D eigenvalue weighted by Crippen LogP contribution is 2.49. The Morgan fingerprint density at radius 3 is 2.00 bits per heavy atom. The second-order valence-corrected chi connectivity index (χ2v) is 7.83. The molecule has 0 saturated carbocycles. The van der Waals surface area contributed by atoms with Gasteiger partial charge in [0, 0.05) is 13.0 Å². The number of nitrogens with zero attached hydrogens (tertiary/aromatic N) is 4. The number of hydrogen-bond acceptors (Lipinski definition) is 7. The molecule has 0 bridgehead atoms. The standard InChI is InChI=1S/C26H21F3N4O4/c1-4-37-25(35)21-22(36-3)24(34)33(2)23(32-21)20(26(27,28)29)19(17-11-7-5-9-15(17)13-30)18-12-8-6-10-16(18)14-31/h5-12,19-20H,4H2,1-3H3. The van der Waals surface area contributed by atoms with Gasteiger partial charge in [-0.25, -0.2) is 9.78 Å². The first-order chi connectivity index (χ1) is 17.6. The lowest BCUT2D eigenvalue weighted by molar-refractivity contribution is -0.156. The number of benzene rings is 2. The molecule has 190 valence electrons. The molecular formula is C26H21F3N4O4. The van der Waals surface area contributed by atoms with Gasteiger partial charge in [-0.05, 0) is 30.2 Å². The molecule has 2 aromatic carbocycles. The minimum atomic E-state index is -5.05. The topological polar surface area (TPSA) is 118 Å². The van der Waals surface area contributed by atoms with E-state index >= 15 is 13.2 Å². The summed E-state index contributed by atoms with van der Waals surface area (Å²) in [6, 6.07) is 15.1. The fourth-order valence-electron chi connectivity index (χ4n) is 4.15. The van der Waals surface area contributed by atoms with Gasteiger partial charge in [0.05, 0.1) is 37.0 Å². The average molecular weight is 510 g/mol. The lowest BCUT2D eigenvalue weighted by Crippen LogP contribution is -2.36. The zero-order valence-electron chi connectivity index (χ0n) is 20.0. The summed E-state index contributed by atoms with van der Waals surface area (Å²) in [4.78, 5) is 29.5. The molecule has 0 aliphatic rings. The molecule has 1 heterocycles. The number of alkyl halides is 3. The Hall–Kier alpha value is -4.64. The first-order valence-corrected chi connectivity index (χ1v) is 11.0. The number of halogens is 3. The van der Waals surface area contributed by atoms with Crippen LogP contribution in [0.15, 0.2) is 53.3 Å². The van der Waals surface area contributed by atoms with Crippen LogP contribution >= 0.6 is 0 Å². The number of carbonyl (C=O) groups is 1. The van der Waals surface area contributed by atoms with Crippen molar-refractivity contribution in [2.24, 2.45) is 7.05 Å². The molecular weight excluding hydrogens is 489 g/mol. The van der Waals surface area contributed by atoms with E-state index in [1.54, 1.807) is 0 Å². The van der Waals surface area contributed by atoms with Crippen molar-refractivity contribution < 1.29 is 27.4 Å². The fourth-order valence-corrected chi connectivity index (χ4v) is 4.15. The number of rotatable bonds is 7. The highest BCUT2D eigenvalue weighted by atomic mass is 19.4. The number of aromatic nitrogens is 2. The largest absolute Gasteiger partial charge is 0.489 e. The highest BCUT2D eigenvalue weighted by Gasteiger charge is 2.50. The fraction of sp³-hybridized carbons (Fsp3) is 0.269. The van der Waals surface area contributed by atoms with Gasteiger partial charge in [0.2, 0.25) is 5.75 Å². The van der Waals surface area contributed by atoms with Crippen LogP contribution < -0.4 is 10.3 Å². The first-order valence-electron chi connectivity index (χ1n) is 11.0. The molecule has 3 rings (SSSR count). The Balaban J connectivity index is 2.49. The predicted molar refractivity (Wildman–Crippen MR) is 125 cm³/mol. The van der Waals surface area contributed by atoms with E-state index in [0.29, 0.717) is 4.57 Å². The number of methoxy groups -OCH3 is 1. The average Bonchev–Trinajstić information content (AvgIpc) is 2.88. The summed E-state index contributed by atoms with van der Waals surface area (Å²) < 4.78 is 55.5. The summed E-state index contributed by atoms with van der Waals surface area (Å²) in [5.74, 6) is -6.74. The molecule has 1 unspecified atom stereocenters. The maximum Gasteiger partial charge on any atom is 0.399 e. The van der Waals surface area contributed by atoms with Gasteiger partial charge in [-0.3, -0.25) is 9.36 Å². The van der Waals surface area contributed by atoms with E-state index in [4.69, 9.17) is 9.47 Å². The molecule has 8 nitrogen and oxygen atoms in total. The van der Waals surface area contributed by atoms with E-state index in [1.807, 2.05) is 12.1 Å². The molecule has 37 heavy (non-hydrogen) atoms. The maximum atomic E-state index is 15.0. The number of esters is 1. The van der Waals surface area contributed by atoms with Gasteiger partial charge < -0.3 is 9.47 Å². The molecule has 0 spiro atoms. The van der Waals surface area contributed by atoms with Crippen LogP contribution in [-0.4, -0.2) is 35.4 Å². The number of hydrogen-bond donors (Lipinski definition) is 0. The highest BCUT2D eigenvalue weighted by molar-refractivity contribution is 5.90. The molecule has 0 radical (unpaired) electrons. The number of carbonyl (C=O) groups excluding carboxylic acids is 1.